The van der Waals surface area contributed by atoms with Gasteiger partial charge in [0.2, 0.25) is 0 Å². The molecule has 0 radical (unpaired) electrons. The third-order valence-electron chi connectivity index (χ3n) is 2.71. The van der Waals surface area contributed by atoms with Crippen molar-refractivity contribution < 1.29 is 0 Å². The third-order valence-corrected chi connectivity index (χ3v) is 2.71. The molecule has 1 heterocycles. The summed E-state index contributed by atoms with van der Waals surface area (Å²) in [5, 5.41) is 0. The Labute approximate surface area is 96.3 Å². The van der Waals surface area contributed by atoms with Gasteiger partial charge in [-0.05, 0) is 26.0 Å². The van der Waals surface area contributed by atoms with Crippen LogP contribution in [0.2, 0.25) is 0 Å². The Kier molecular flexibility index (Phi) is 3.25. The van der Waals surface area contributed by atoms with E-state index in [1.165, 1.54) is 0 Å². The summed E-state index contributed by atoms with van der Waals surface area (Å²) in [7, 11) is 0. The number of benzene rings is 1. The van der Waals surface area contributed by atoms with Gasteiger partial charge in [0.05, 0.1) is 6.20 Å². The molecule has 3 nitrogen and oxygen atoms in total. The van der Waals surface area contributed by atoms with Gasteiger partial charge in [-0.2, -0.15) is 0 Å². The monoisotopic (exact) mass is 215 g/mol. The summed E-state index contributed by atoms with van der Waals surface area (Å²) < 4.78 is 2.05. The Morgan fingerprint density at radius 2 is 1.81 bits per heavy atom. The molecule has 0 spiro atoms. The van der Waals surface area contributed by atoms with Crippen LogP contribution in [-0.2, 0) is 0 Å². The molecule has 0 amide bonds. The quantitative estimate of drug-likeness (QED) is 0.782. The van der Waals surface area contributed by atoms with E-state index in [0.717, 1.165) is 24.6 Å². The molecule has 84 valence electrons. The highest BCUT2D eigenvalue weighted by molar-refractivity contribution is 5.40. The molecule has 1 aromatic heterocycles. The molecular weight excluding hydrogens is 198 g/mol. The van der Waals surface area contributed by atoms with E-state index in [-0.39, 0.29) is 0 Å². The van der Waals surface area contributed by atoms with Crippen LogP contribution in [0.5, 0.6) is 0 Å². The lowest BCUT2D eigenvalue weighted by molar-refractivity contribution is 0.850. The summed E-state index contributed by atoms with van der Waals surface area (Å²) in [6, 6.07) is 10.2. The SMILES string of the molecule is CCN(CC)c1cn(-c2ccccc2)cn1. The number of rotatable bonds is 4. The van der Waals surface area contributed by atoms with E-state index in [1.54, 1.807) is 0 Å². The number of aromatic nitrogens is 2. The van der Waals surface area contributed by atoms with Crippen LogP contribution < -0.4 is 4.90 Å². The zero-order valence-electron chi connectivity index (χ0n) is 9.80. The Morgan fingerprint density at radius 3 is 2.44 bits per heavy atom. The zero-order valence-corrected chi connectivity index (χ0v) is 9.80. The van der Waals surface area contributed by atoms with Crippen molar-refractivity contribution in [3.63, 3.8) is 0 Å². The second-order valence-corrected chi connectivity index (χ2v) is 3.65. The Bertz CT molecular complexity index is 429. The Morgan fingerprint density at radius 1 is 1.12 bits per heavy atom. The molecule has 0 unspecified atom stereocenters. The predicted octanol–water partition coefficient (Wildman–Crippen LogP) is 2.72. The summed E-state index contributed by atoms with van der Waals surface area (Å²) in [5.41, 5.74) is 1.15. The molecule has 0 bridgehead atoms. The van der Waals surface area contributed by atoms with Crippen LogP contribution in [-0.4, -0.2) is 22.6 Å². The molecule has 2 rings (SSSR count). The van der Waals surface area contributed by atoms with Gasteiger partial charge in [-0.25, -0.2) is 4.98 Å². The van der Waals surface area contributed by atoms with Crippen LogP contribution in [0.4, 0.5) is 5.82 Å². The molecule has 0 fully saturated rings. The van der Waals surface area contributed by atoms with Crippen molar-refractivity contribution in [2.45, 2.75) is 13.8 Å². The molecule has 0 atom stereocenters. The second-order valence-electron chi connectivity index (χ2n) is 3.65. The number of imidazole rings is 1. The molecule has 2 aromatic rings. The average Bonchev–Trinajstić information content (AvgIpc) is 2.81. The van der Waals surface area contributed by atoms with Crippen LogP contribution >= 0.6 is 0 Å². The summed E-state index contributed by atoms with van der Waals surface area (Å²) >= 11 is 0. The lowest BCUT2D eigenvalue weighted by atomic mass is 10.3. The highest BCUT2D eigenvalue weighted by atomic mass is 15.2. The zero-order chi connectivity index (χ0) is 11.4. The second kappa shape index (κ2) is 4.84. The maximum atomic E-state index is 4.42. The summed E-state index contributed by atoms with van der Waals surface area (Å²) in [4.78, 5) is 6.66. The summed E-state index contributed by atoms with van der Waals surface area (Å²) in [5.74, 6) is 1.04. The average molecular weight is 215 g/mol. The highest BCUT2D eigenvalue weighted by Crippen LogP contribution is 2.14. The van der Waals surface area contributed by atoms with Crippen molar-refractivity contribution in [2.24, 2.45) is 0 Å². The molecule has 16 heavy (non-hydrogen) atoms. The van der Waals surface area contributed by atoms with Crippen LogP contribution in [0.1, 0.15) is 13.8 Å². The molecule has 0 aliphatic carbocycles. The van der Waals surface area contributed by atoms with Gasteiger partial charge in [0, 0.05) is 18.8 Å². The maximum absolute atomic E-state index is 4.42. The van der Waals surface area contributed by atoms with Crippen molar-refractivity contribution in [3.8, 4) is 5.69 Å². The van der Waals surface area contributed by atoms with Crippen molar-refractivity contribution in [3.05, 3.63) is 42.9 Å². The van der Waals surface area contributed by atoms with Gasteiger partial charge in [0.25, 0.3) is 0 Å². The lowest BCUT2D eigenvalue weighted by Gasteiger charge is -2.16. The minimum Gasteiger partial charge on any atom is -0.356 e. The smallest absolute Gasteiger partial charge is 0.147 e. The van der Waals surface area contributed by atoms with Gasteiger partial charge in [0.15, 0.2) is 0 Å². The normalized spacial score (nSPS) is 10.4. The number of anilines is 1. The fraction of sp³-hybridized carbons (Fsp3) is 0.308. The number of nitrogens with zero attached hydrogens (tertiary/aromatic N) is 3. The van der Waals surface area contributed by atoms with Crippen LogP contribution in [0, 0.1) is 0 Å². The van der Waals surface area contributed by atoms with Crippen molar-refractivity contribution in [1.82, 2.24) is 9.55 Å². The third kappa shape index (κ3) is 2.08. The van der Waals surface area contributed by atoms with E-state index in [4.69, 9.17) is 0 Å². The number of hydrogen-bond donors (Lipinski definition) is 0. The fourth-order valence-electron chi connectivity index (χ4n) is 1.76. The van der Waals surface area contributed by atoms with E-state index in [9.17, 15) is 0 Å². The van der Waals surface area contributed by atoms with Gasteiger partial charge < -0.3 is 9.47 Å². The van der Waals surface area contributed by atoms with Gasteiger partial charge in [-0.15, -0.1) is 0 Å². The molecule has 0 saturated heterocycles. The van der Waals surface area contributed by atoms with Gasteiger partial charge >= 0.3 is 0 Å². The largest absolute Gasteiger partial charge is 0.356 e. The minimum atomic E-state index is 0.988. The Balaban J connectivity index is 2.26. The van der Waals surface area contributed by atoms with Gasteiger partial charge in [0.1, 0.15) is 12.1 Å². The molecule has 0 aliphatic heterocycles. The summed E-state index contributed by atoms with van der Waals surface area (Å²) in [6.07, 6.45) is 3.94. The molecule has 0 saturated carbocycles. The van der Waals surface area contributed by atoms with Crippen molar-refractivity contribution >= 4 is 5.82 Å². The molecule has 1 aromatic carbocycles. The fourth-order valence-corrected chi connectivity index (χ4v) is 1.76. The molecule has 3 heteroatoms. The first-order valence-corrected chi connectivity index (χ1v) is 5.69. The number of hydrogen-bond acceptors (Lipinski definition) is 2. The van der Waals surface area contributed by atoms with Gasteiger partial charge in [-0.1, -0.05) is 18.2 Å². The first-order valence-electron chi connectivity index (χ1n) is 5.69. The molecule has 0 aliphatic rings. The first kappa shape index (κ1) is 10.7. The van der Waals surface area contributed by atoms with Crippen LogP contribution in [0.3, 0.4) is 0 Å². The van der Waals surface area contributed by atoms with Crippen LogP contribution in [0.15, 0.2) is 42.9 Å². The van der Waals surface area contributed by atoms with Crippen LogP contribution in [0.25, 0.3) is 5.69 Å². The minimum absolute atomic E-state index is 0.988. The highest BCUT2D eigenvalue weighted by Gasteiger charge is 2.05. The van der Waals surface area contributed by atoms with E-state index in [2.05, 4.69) is 42.1 Å². The van der Waals surface area contributed by atoms with Gasteiger partial charge in [-0.3, -0.25) is 0 Å². The van der Waals surface area contributed by atoms with E-state index in [0.29, 0.717) is 0 Å². The van der Waals surface area contributed by atoms with E-state index >= 15 is 0 Å². The van der Waals surface area contributed by atoms with Crippen molar-refractivity contribution in [1.29, 1.82) is 0 Å². The molecular formula is C13H17N3. The lowest BCUT2D eigenvalue weighted by Crippen LogP contribution is -2.21. The number of para-hydroxylation sites is 1. The standard InChI is InChI=1S/C13H17N3/c1-3-15(4-2)13-10-16(11-14-13)12-8-6-5-7-9-12/h5-11H,3-4H2,1-2H3. The first-order chi connectivity index (χ1) is 7.85. The predicted molar refractivity (Wildman–Crippen MR) is 67.1 cm³/mol. The maximum Gasteiger partial charge on any atom is 0.147 e. The topological polar surface area (TPSA) is 21.1 Å². The van der Waals surface area contributed by atoms with E-state index in [1.807, 2.05) is 29.1 Å². The van der Waals surface area contributed by atoms with E-state index < -0.39 is 0 Å². The Hall–Kier alpha value is -1.77. The van der Waals surface area contributed by atoms with Crippen molar-refractivity contribution in [2.75, 3.05) is 18.0 Å². The summed E-state index contributed by atoms with van der Waals surface area (Å²) in [6.45, 7) is 6.26. The molecule has 0 N–H and O–H groups in total.